The van der Waals surface area contributed by atoms with Crippen LogP contribution in [-0.2, 0) is 29.2 Å². The first-order chi connectivity index (χ1) is 13.6. The molecule has 0 radical (unpaired) electrons. The summed E-state index contributed by atoms with van der Waals surface area (Å²) in [7, 11) is -7.62. The molecule has 0 aromatic carbocycles. The number of carbonyl (C=O) groups excluding carboxylic acids is 1. The van der Waals surface area contributed by atoms with Crippen molar-refractivity contribution in [3.8, 4) is 10.6 Å². The van der Waals surface area contributed by atoms with E-state index in [0.717, 1.165) is 32.5 Å². The van der Waals surface area contributed by atoms with Gasteiger partial charge < -0.3 is 0 Å². The highest BCUT2D eigenvalue weighted by Gasteiger charge is 2.19. The first-order valence-corrected chi connectivity index (χ1v) is 12.0. The Balaban J connectivity index is 1.75. The maximum Gasteiger partial charge on any atom is 0.285 e. The van der Waals surface area contributed by atoms with Crippen molar-refractivity contribution in [2.75, 3.05) is 6.26 Å². The van der Waals surface area contributed by atoms with Crippen LogP contribution in [0, 0.1) is 0 Å². The van der Waals surface area contributed by atoms with Gasteiger partial charge in [-0.1, -0.05) is 6.07 Å². The third-order valence-electron chi connectivity index (χ3n) is 3.44. The molecule has 9 nitrogen and oxygen atoms in total. The summed E-state index contributed by atoms with van der Waals surface area (Å²) in [6, 6.07) is 10.1. The zero-order valence-corrected chi connectivity index (χ0v) is 17.4. The number of pyridine rings is 1. The molecule has 29 heavy (non-hydrogen) atoms. The molecule has 3 aromatic heterocycles. The van der Waals surface area contributed by atoms with Crippen LogP contribution in [0.2, 0.25) is 0 Å². The number of hydroxylamine groups is 1. The van der Waals surface area contributed by atoms with E-state index in [0.29, 0.717) is 11.3 Å². The van der Waals surface area contributed by atoms with Crippen molar-refractivity contribution in [1.29, 1.82) is 0 Å². The number of thiophene rings is 1. The van der Waals surface area contributed by atoms with Gasteiger partial charge in [-0.2, -0.15) is 16.8 Å². The number of hydrogen-bond acceptors (Lipinski definition) is 8. The maximum atomic E-state index is 12.8. The number of nitrogens with zero attached hydrogens (tertiary/aromatic N) is 2. The second-order valence-electron chi connectivity index (χ2n) is 5.70. The van der Waals surface area contributed by atoms with Crippen LogP contribution >= 0.6 is 11.3 Å². The Morgan fingerprint density at radius 2 is 1.97 bits per heavy atom. The van der Waals surface area contributed by atoms with Crippen LogP contribution in [0.15, 0.2) is 65.3 Å². The third kappa shape index (κ3) is 5.38. The second kappa shape index (κ2) is 8.29. The van der Waals surface area contributed by atoms with Crippen molar-refractivity contribution in [2.24, 2.45) is 0 Å². The summed E-state index contributed by atoms with van der Waals surface area (Å²) in [6.07, 6.45) is 7.43. The van der Waals surface area contributed by atoms with Gasteiger partial charge in [-0.25, -0.2) is 9.45 Å². The largest absolute Gasteiger partial charge is 0.285 e. The first-order valence-electron chi connectivity index (χ1n) is 7.96. The van der Waals surface area contributed by atoms with Crippen molar-refractivity contribution in [3.63, 3.8) is 0 Å². The van der Waals surface area contributed by atoms with Gasteiger partial charge in [0.05, 0.1) is 16.8 Å². The van der Waals surface area contributed by atoms with Gasteiger partial charge in [0.15, 0.2) is 0 Å². The molecule has 3 rings (SSSR count). The van der Waals surface area contributed by atoms with E-state index in [1.165, 1.54) is 30.6 Å². The molecular formula is C17H15N3O6S3. The lowest BCUT2D eigenvalue weighted by molar-refractivity contribution is -0.122. The van der Waals surface area contributed by atoms with Crippen molar-refractivity contribution in [1.82, 2.24) is 14.4 Å². The molecule has 0 bridgehead atoms. The van der Waals surface area contributed by atoms with E-state index in [2.05, 4.69) is 9.27 Å². The molecule has 1 amide bonds. The molecule has 0 unspecified atom stereocenters. The minimum Gasteiger partial charge on any atom is -0.268 e. The Hall–Kier alpha value is -2.80. The van der Waals surface area contributed by atoms with Gasteiger partial charge in [-0.3, -0.25) is 9.78 Å². The highest BCUT2D eigenvalue weighted by Crippen LogP contribution is 2.30. The van der Waals surface area contributed by atoms with E-state index in [1.807, 2.05) is 6.07 Å². The Labute approximate surface area is 171 Å². The molecule has 152 valence electrons. The number of carbonyl (C=O) groups is 1. The van der Waals surface area contributed by atoms with Crippen LogP contribution in [0.5, 0.6) is 0 Å². The molecular weight excluding hydrogens is 438 g/mol. The van der Waals surface area contributed by atoms with Gasteiger partial charge in [-0.15, -0.1) is 15.6 Å². The zero-order valence-electron chi connectivity index (χ0n) is 14.9. The summed E-state index contributed by atoms with van der Waals surface area (Å²) in [6.45, 7) is 0. The van der Waals surface area contributed by atoms with E-state index in [-0.39, 0.29) is 4.21 Å². The molecule has 0 fully saturated rings. The summed E-state index contributed by atoms with van der Waals surface area (Å²) in [5, 5.41) is 0. The van der Waals surface area contributed by atoms with E-state index >= 15 is 0 Å². The predicted octanol–water partition coefficient (Wildman–Crippen LogP) is 1.87. The van der Waals surface area contributed by atoms with Crippen LogP contribution in [0.25, 0.3) is 16.6 Å². The topological polar surface area (TPSA) is 124 Å². The average Bonchev–Trinajstić information content (AvgIpc) is 3.35. The number of hydrogen-bond donors (Lipinski definition) is 1. The van der Waals surface area contributed by atoms with Gasteiger partial charge in [0.25, 0.3) is 26.0 Å². The summed E-state index contributed by atoms with van der Waals surface area (Å²) in [5.74, 6) is -0.815. The van der Waals surface area contributed by atoms with Crippen LogP contribution in [0.1, 0.15) is 5.56 Å². The molecule has 3 aromatic rings. The van der Waals surface area contributed by atoms with Crippen molar-refractivity contribution in [3.05, 3.63) is 66.6 Å². The number of rotatable bonds is 7. The predicted molar refractivity (Wildman–Crippen MR) is 108 cm³/mol. The number of amides is 1. The summed E-state index contributed by atoms with van der Waals surface area (Å²) in [4.78, 5) is 16.4. The van der Waals surface area contributed by atoms with E-state index in [1.54, 1.807) is 29.9 Å². The summed E-state index contributed by atoms with van der Waals surface area (Å²) in [5.41, 5.74) is 2.83. The van der Waals surface area contributed by atoms with Crippen molar-refractivity contribution in [2.45, 2.75) is 4.21 Å². The number of aromatic nitrogens is 2. The lowest BCUT2D eigenvalue weighted by Crippen LogP contribution is -2.24. The molecule has 3 heterocycles. The van der Waals surface area contributed by atoms with Gasteiger partial charge >= 0.3 is 0 Å². The molecule has 0 aliphatic carbocycles. The monoisotopic (exact) mass is 453 g/mol. The fourth-order valence-corrected chi connectivity index (χ4v) is 5.00. The molecule has 0 saturated carbocycles. The highest BCUT2D eigenvalue weighted by molar-refractivity contribution is 7.92. The number of nitrogens with one attached hydrogen (secondary N) is 1. The van der Waals surface area contributed by atoms with E-state index < -0.39 is 26.0 Å². The van der Waals surface area contributed by atoms with Crippen molar-refractivity contribution >= 4 is 43.5 Å². The molecule has 0 aliphatic rings. The van der Waals surface area contributed by atoms with Crippen LogP contribution < -0.4 is 5.48 Å². The van der Waals surface area contributed by atoms with E-state index in [4.69, 9.17) is 0 Å². The van der Waals surface area contributed by atoms with Gasteiger partial charge in [0.2, 0.25) is 0 Å². The van der Waals surface area contributed by atoms with E-state index in [9.17, 15) is 21.6 Å². The molecule has 0 saturated heterocycles. The lowest BCUT2D eigenvalue weighted by atomic mass is 10.3. The zero-order chi connectivity index (χ0) is 21.1. The molecule has 0 atom stereocenters. The second-order valence-corrected chi connectivity index (χ2v) is 10.4. The fourth-order valence-electron chi connectivity index (χ4n) is 2.17. The van der Waals surface area contributed by atoms with Gasteiger partial charge in [0, 0.05) is 24.7 Å². The summed E-state index contributed by atoms with van der Waals surface area (Å²) >= 11 is 1.10. The SMILES string of the molecule is CS(=O)(=O)ONC(=O)/C=C/c1ccn(S(=O)(=O)c2ccc(-c3ccccn3)s2)c1. The van der Waals surface area contributed by atoms with Crippen LogP contribution in [0.3, 0.4) is 0 Å². The fraction of sp³-hybridized carbons (Fsp3) is 0.0588. The Morgan fingerprint density at radius 1 is 1.17 bits per heavy atom. The Kier molecular flexibility index (Phi) is 5.98. The minimum absolute atomic E-state index is 0.142. The Morgan fingerprint density at radius 3 is 2.66 bits per heavy atom. The molecule has 0 aliphatic heterocycles. The standard InChI is InChI=1S/C17H15N3O6S3/c1-28(22,23)26-19-16(21)7-5-13-9-11-20(12-13)29(24,25)17-8-6-15(27-17)14-4-2-3-10-18-14/h2-12H,1H3,(H,19,21)/b7-5+. The maximum absolute atomic E-state index is 12.8. The quantitative estimate of drug-likeness (QED) is 0.428. The molecule has 1 N–H and O–H groups in total. The normalized spacial score (nSPS) is 12.3. The van der Waals surface area contributed by atoms with Crippen molar-refractivity contribution < 1.29 is 25.9 Å². The minimum atomic E-state index is -3.82. The highest BCUT2D eigenvalue weighted by atomic mass is 32.2. The lowest BCUT2D eigenvalue weighted by Gasteiger charge is -2.02. The Bertz CT molecular complexity index is 1260. The van der Waals surface area contributed by atoms with Crippen LogP contribution in [0.4, 0.5) is 0 Å². The molecule has 12 heteroatoms. The smallest absolute Gasteiger partial charge is 0.268 e. The average molecular weight is 454 g/mol. The first kappa shape index (κ1) is 20.9. The van der Waals surface area contributed by atoms with Crippen LogP contribution in [-0.4, -0.2) is 38.0 Å². The third-order valence-corrected chi connectivity index (χ3v) is 7.04. The molecule has 0 spiro atoms. The summed E-state index contributed by atoms with van der Waals surface area (Å²) < 4.78 is 52.6. The van der Waals surface area contributed by atoms with Gasteiger partial charge in [0.1, 0.15) is 4.21 Å². The van der Waals surface area contributed by atoms with Gasteiger partial charge in [-0.05, 0) is 42.0 Å².